The van der Waals surface area contributed by atoms with Crippen molar-refractivity contribution in [2.75, 3.05) is 12.8 Å². The monoisotopic (exact) mass is 255 g/mol. The molecule has 0 fully saturated rings. The van der Waals surface area contributed by atoms with E-state index in [1.807, 2.05) is 12.3 Å². The van der Waals surface area contributed by atoms with Gasteiger partial charge in [0.25, 0.3) is 0 Å². The molecular formula is C10H13N3O3S. The average Bonchev–Trinajstić information content (AvgIpc) is 2.83. The number of sulfonamides is 1. The summed E-state index contributed by atoms with van der Waals surface area (Å²) in [4.78, 5) is 0. The van der Waals surface area contributed by atoms with Gasteiger partial charge in [0.1, 0.15) is 0 Å². The zero-order valence-corrected chi connectivity index (χ0v) is 10.1. The van der Waals surface area contributed by atoms with Crippen LogP contribution in [0.3, 0.4) is 0 Å². The Morgan fingerprint density at radius 1 is 1.47 bits per heavy atom. The summed E-state index contributed by atoms with van der Waals surface area (Å²) in [7, 11) is -3.14. The molecule has 2 aromatic rings. The number of nitrogens with zero attached hydrogens (tertiary/aromatic N) is 2. The number of hydrogen-bond donors (Lipinski definition) is 1. The molecule has 0 saturated carbocycles. The van der Waals surface area contributed by atoms with Crippen LogP contribution in [-0.4, -0.2) is 31.0 Å². The number of hydrogen-bond acceptors (Lipinski definition) is 4. The number of rotatable bonds is 5. The minimum atomic E-state index is -3.14. The van der Waals surface area contributed by atoms with Gasteiger partial charge in [0.2, 0.25) is 10.0 Å². The lowest BCUT2D eigenvalue weighted by Crippen LogP contribution is -2.26. The second-order valence-corrected chi connectivity index (χ2v) is 5.50. The van der Waals surface area contributed by atoms with Crippen LogP contribution in [0.25, 0.3) is 11.1 Å². The third-order valence-corrected chi connectivity index (χ3v) is 2.92. The van der Waals surface area contributed by atoms with Crippen LogP contribution >= 0.6 is 0 Å². The van der Waals surface area contributed by atoms with Crippen LogP contribution in [0.4, 0.5) is 0 Å². The standard InChI is InChI=1S/C10H13N3O3S/c1-17(14,15)12-3-4-13-7-10(6-11-13)9-2-5-16-8-9/h2,5-8,12H,3-4H2,1H3. The summed E-state index contributed by atoms with van der Waals surface area (Å²) < 4.78 is 30.8. The lowest BCUT2D eigenvalue weighted by Gasteiger charge is -2.01. The maximum absolute atomic E-state index is 10.9. The third-order valence-electron chi connectivity index (χ3n) is 2.19. The normalized spacial score (nSPS) is 11.8. The van der Waals surface area contributed by atoms with E-state index in [0.29, 0.717) is 13.1 Å². The van der Waals surface area contributed by atoms with E-state index in [-0.39, 0.29) is 0 Å². The van der Waals surface area contributed by atoms with E-state index in [9.17, 15) is 8.42 Å². The molecule has 0 spiro atoms. The zero-order chi connectivity index (χ0) is 12.3. The van der Waals surface area contributed by atoms with E-state index in [1.165, 1.54) is 0 Å². The van der Waals surface area contributed by atoms with Gasteiger partial charge in [0.05, 0.1) is 31.5 Å². The Bertz CT molecular complexity index is 572. The largest absolute Gasteiger partial charge is 0.472 e. The predicted octanol–water partition coefficient (Wildman–Crippen LogP) is 0.692. The van der Waals surface area contributed by atoms with Gasteiger partial charge >= 0.3 is 0 Å². The predicted molar refractivity (Wildman–Crippen MR) is 62.8 cm³/mol. The Balaban J connectivity index is 1.95. The van der Waals surface area contributed by atoms with Gasteiger partial charge in [0.15, 0.2) is 0 Å². The molecule has 2 aromatic heterocycles. The van der Waals surface area contributed by atoms with Crippen LogP contribution in [-0.2, 0) is 16.6 Å². The number of aromatic nitrogens is 2. The van der Waals surface area contributed by atoms with E-state index in [0.717, 1.165) is 17.4 Å². The van der Waals surface area contributed by atoms with Crippen LogP contribution in [0, 0.1) is 0 Å². The maximum atomic E-state index is 10.9. The maximum Gasteiger partial charge on any atom is 0.208 e. The second kappa shape index (κ2) is 4.72. The quantitative estimate of drug-likeness (QED) is 0.852. The molecule has 92 valence electrons. The van der Waals surface area contributed by atoms with Crippen molar-refractivity contribution in [1.82, 2.24) is 14.5 Å². The van der Waals surface area contributed by atoms with E-state index in [4.69, 9.17) is 4.42 Å². The minimum Gasteiger partial charge on any atom is -0.472 e. The summed E-state index contributed by atoms with van der Waals surface area (Å²) in [6.45, 7) is 0.816. The fourth-order valence-corrected chi connectivity index (χ4v) is 1.87. The van der Waals surface area contributed by atoms with Gasteiger partial charge in [-0.2, -0.15) is 5.10 Å². The molecule has 6 nitrogen and oxygen atoms in total. The minimum absolute atomic E-state index is 0.325. The van der Waals surface area contributed by atoms with Crippen molar-refractivity contribution < 1.29 is 12.8 Å². The highest BCUT2D eigenvalue weighted by atomic mass is 32.2. The molecule has 0 unspecified atom stereocenters. The molecule has 1 N–H and O–H groups in total. The van der Waals surface area contributed by atoms with Crippen LogP contribution in [0.5, 0.6) is 0 Å². The molecule has 0 atom stereocenters. The molecule has 0 bridgehead atoms. The Morgan fingerprint density at radius 3 is 2.94 bits per heavy atom. The second-order valence-electron chi connectivity index (χ2n) is 3.67. The Kier molecular flexibility index (Phi) is 3.30. The smallest absolute Gasteiger partial charge is 0.208 e. The summed E-state index contributed by atoms with van der Waals surface area (Å²) in [6, 6.07) is 1.84. The van der Waals surface area contributed by atoms with Crippen LogP contribution in [0.2, 0.25) is 0 Å². The van der Waals surface area contributed by atoms with Crippen molar-refractivity contribution in [3.63, 3.8) is 0 Å². The summed E-state index contributed by atoms with van der Waals surface area (Å²) in [6.07, 6.45) is 7.92. The molecule has 0 aliphatic heterocycles. The summed E-state index contributed by atoms with van der Waals surface area (Å²) in [5, 5.41) is 4.13. The van der Waals surface area contributed by atoms with Crippen molar-refractivity contribution >= 4 is 10.0 Å². The van der Waals surface area contributed by atoms with E-state index < -0.39 is 10.0 Å². The molecule has 17 heavy (non-hydrogen) atoms. The molecule has 0 aromatic carbocycles. The van der Waals surface area contributed by atoms with Crippen LogP contribution < -0.4 is 4.72 Å². The molecular weight excluding hydrogens is 242 g/mol. The van der Waals surface area contributed by atoms with Gasteiger partial charge in [-0.1, -0.05) is 0 Å². The first-order valence-corrected chi connectivity index (χ1v) is 6.93. The van der Waals surface area contributed by atoms with Crippen LogP contribution in [0.1, 0.15) is 0 Å². The van der Waals surface area contributed by atoms with Crippen molar-refractivity contribution in [2.45, 2.75) is 6.54 Å². The van der Waals surface area contributed by atoms with Gasteiger partial charge in [-0.25, -0.2) is 13.1 Å². The lowest BCUT2D eigenvalue weighted by molar-refractivity contribution is 0.565. The Morgan fingerprint density at radius 2 is 2.29 bits per heavy atom. The first-order chi connectivity index (χ1) is 8.04. The van der Waals surface area contributed by atoms with Crippen molar-refractivity contribution in [3.8, 4) is 11.1 Å². The van der Waals surface area contributed by atoms with Gasteiger partial charge in [-0.15, -0.1) is 0 Å². The molecule has 7 heteroatoms. The van der Waals surface area contributed by atoms with Gasteiger partial charge in [0, 0.05) is 23.9 Å². The van der Waals surface area contributed by atoms with E-state index in [1.54, 1.807) is 23.4 Å². The highest BCUT2D eigenvalue weighted by Crippen LogP contribution is 2.18. The highest BCUT2D eigenvalue weighted by Gasteiger charge is 2.04. The molecule has 0 aliphatic rings. The topological polar surface area (TPSA) is 77.1 Å². The highest BCUT2D eigenvalue weighted by molar-refractivity contribution is 7.88. The van der Waals surface area contributed by atoms with Crippen molar-refractivity contribution in [1.29, 1.82) is 0 Å². The van der Waals surface area contributed by atoms with Gasteiger partial charge in [-0.05, 0) is 6.07 Å². The fraction of sp³-hybridized carbons (Fsp3) is 0.300. The first kappa shape index (κ1) is 11.9. The summed E-state index contributed by atoms with van der Waals surface area (Å²) in [5.41, 5.74) is 1.89. The lowest BCUT2D eigenvalue weighted by atomic mass is 10.2. The Labute approximate surface area is 99.3 Å². The molecule has 2 heterocycles. The van der Waals surface area contributed by atoms with Gasteiger partial charge in [-0.3, -0.25) is 4.68 Å². The molecule has 2 rings (SSSR count). The molecule has 0 radical (unpaired) electrons. The fourth-order valence-electron chi connectivity index (χ4n) is 1.41. The van der Waals surface area contributed by atoms with Crippen LogP contribution in [0.15, 0.2) is 35.4 Å². The zero-order valence-electron chi connectivity index (χ0n) is 9.33. The van der Waals surface area contributed by atoms with E-state index >= 15 is 0 Å². The Hall–Kier alpha value is -1.60. The van der Waals surface area contributed by atoms with E-state index in [2.05, 4.69) is 9.82 Å². The molecule has 0 amide bonds. The molecule has 0 aliphatic carbocycles. The third kappa shape index (κ3) is 3.43. The number of nitrogens with one attached hydrogen (secondary N) is 1. The summed E-state index contributed by atoms with van der Waals surface area (Å²) in [5.74, 6) is 0. The average molecular weight is 255 g/mol. The van der Waals surface area contributed by atoms with Gasteiger partial charge < -0.3 is 4.42 Å². The number of furan rings is 1. The first-order valence-electron chi connectivity index (χ1n) is 5.04. The van der Waals surface area contributed by atoms with Crippen molar-refractivity contribution in [3.05, 3.63) is 31.0 Å². The SMILES string of the molecule is CS(=O)(=O)NCCn1cc(-c2ccoc2)cn1. The van der Waals surface area contributed by atoms with Crippen molar-refractivity contribution in [2.24, 2.45) is 0 Å². The molecule has 0 saturated heterocycles. The summed E-state index contributed by atoms with van der Waals surface area (Å²) >= 11 is 0.